The van der Waals surface area contributed by atoms with E-state index in [0.29, 0.717) is 5.75 Å². The van der Waals surface area contributed by atoms with Crippen molar-refractivity contribution in [3.8, 4) is 11.5 Å². The molecule has 0 radical (unpaired) electrons. The third-order valence-electron chi connectivity index (χ3n) is 2.68. The Morgan fingerprint density at radius 2 is 1.86 bits per heavy atom. The van der Waals surface area contributed by atoms with Crippen molar-refractivity contribution in [1.82, 2.24) is 4.72 Å². The normalized spacial score (nSPS) is 12.7. The van der Waals surface area contributed by atoms with E-state index >= 15 is 0 Å². The van der Waals surface area contributed by atoms with Crippen LogP contribution in [0.2, 0.25) is 0 Å². The van der Waals surface area contributed by atoms with Crippen molar-refractivity contribution in [3.05, 3.63) is 18.2 Å². The molecule has 1 rings (SSSR count). The molecular formula is C12H17NO7S. The summed E-state index contributed by atoms with van der Waals surface area (Å²) in [4.78, 5) is 10.7. The van der Waals surface area contributed by atoms with E-state index in [1.54, 1.807) is 0 Å². The Labute approximate surface area is 122 Å². The van der Waals surface area contributed by atoms with Crippen LogP contribution in [0.25, 0.3) is 0 Å². The van der Waals surface area contributed by atoms with Crippen molar-refractivity contribution in [3.63, 3.8) is 0 Å². The Hall–Kier alpha value is -1.84. The van der Waals surface area contributed by atoms with E-state index in [0.717, 1.165) is 0 Å². The Balaban J connectivity index is 2.95. The molecule has 0 aliphatic heterocycles. The van der Waals surface area contributed by atoms with E-state index in [-0.39, 0.29) is 17.2 Å². The average molecular weight is 319 g/mol. The number of carbonyl (C=O) groups is 1. The van der Waals surface area contributed by atoms with E-state index in [4.69, 9.17) is 14.6 Å². The summed E-state index contributed by atoms with van der Waals surface area (Å²) in [6, 6.07) is 4.05. The van der Waals surface area contributed by atoms with Crippen molar-refractivity contribution in [1.29, 1.82) is 0 Å². The highest BCUT2D eigenvalue weighted by Gasteiger charge is 2.22. The van der Waals surface area contributed by atoms with Crippen LogP contribution < -0.4 is 14.2 Å². The number of aliphatic carboxylic acids is 1. The van der Waals surface area contributed by atoms with Crippen LogP contribution in [-0.4, -0.2) is 53.5 Å². The van der Waals surface area contributed by atoms with Crippen molar-refractivity contribution >= 4 is 16.0 Å². The van der Waals surface area contributed by atoms with Gasteiger partial charge in [-0.25, -0.2) is 17.9 Å². The van der Waals surface area contributed by atoms with Gasteiger partial charge < -0.3 is 19.3 Å². The van der Waals surface area contributed by atoms with Gasteiger partial charge in [-0.1, -0.05) is 0 Å². The van der Waals surface area contributed by atoms with Gasteiger partial charge in [0.2, 0.25) is 10.0 Å². The lowest BCUT2D eigenvalue weighted by atomic mass is 10.3. The van der Waals surface area contributed by atoms with Gasteiger partial charge in [-0.3, -0.25) is 0 Å². The fourth-order valence-corrected chi connectivity index (χ4v) is 2.57. The van der Waals surface area contributed by atoms with Gasteiger partial charge in [0.15, 0.2) is 17.6 Å². The van der Waals surface area contributed by atoms with Gasteiger partial charge in [0.05, 0.1) is 19.1 Å². The van der Waals surface area contributed by atoms with Gasteiger partial charge in [-0.2, -0.15) is 0 Å². The maximum atomic E-state index is 12.1. The minimum atomic E-state index is -3.89. The number of benzene rings is 1. The van der Waals surface area contributed by atoms with Gasteiger partial charge in [0, 0.05) is 19.7 Å². The van der Waals surface area contributed by atoms with Crippen LogP contribution in [0.3, 0.4) is 0 Å². The predicted molar refractivity (Wildman–Crippen MR) is 73.2 cm³/mol. The monoisotopic (exact) mass is 319 g/mol. The summed E-state index contributed by atoms with van der Waals surface area (Å²) >= 11 is 0. The molecule has 0 aliphatic carbocycles. The maximum Gasteiger partial charge on any atom is 0.334 e. The predicted octanol–water partition coefficient (Wildman–Crippen LogP) is 0.0817. The first kappa shape index (κ1) is 17.2. The largest absolute Gasteiger partial charge is 0.493 e. The standard InChI is InChI=1S/C12H17NO7S/c1-18-9-5-4-8(6-10(9)19-2)21(16,17)13-7-11(20-3)12(14)15/h4-6,11,13H,7H2,1-3H3,(H,14,15). The van der Waals surface area contributed by atoms with E-state index in [1.807, 2.05) is 0 Å². The lowest BCUT2D eigenvalue weighted by Crippen LogP contribution is -2.37. The second-order valence-electron chi connectivity index (χ2n) is 3.93. The van der Waals surface area contributed by atoms with Gasteiger partial charge >= 0.3 is 5.97 Å². The van der Waals surface area contributed by atoms with Crippen molar-refractivity contribution < 1.29 is 32.5 Å². The molecule has 21 heavy (non-hydrogen) atoms. The highest BCUT2D eigenvalue weighted by molar-refractivity contribution is 7.89. The lowest BCUT2D eigenvalue weighted by Gasteiger charge is -2.13. The summed E-state index contributed by atoms with van der Waals surface area (Å²) in [5, 5.41) is 8.79. The zero-order valence-corrected chi connectivity index (χ0v) is 12.6. The molecule has 1 atom stereocenters. The highest BCUT2D eigenvalue weighted by Crippen LogP contribution is 2.29. The average Bonchev–Trinajstić information content (AvgIpc) is 2.46. The van der Waals surface area contributed by atoms with Crippen LogP contribution in [0.5, 0.6) is 11.5 Å². The molecule has 0 amide bonds. The van der Waals surface area contributed by atoms with Gasteiger partial charge in [-0.05, 0) is 12.1 Å². The van der Waals surface area contributed by atoms with Crippen LogP contribution in [-0.2, 0) is 19.6 Å². The van der Waals surface area contributed by atoms with Crippen molar-refractivity contribution in [2.24, 2.45) is 0 Å². The molecule has 0 heterocycles. The molecule has 1 aromatic rings. The molecule has 0 fully saturated rings. The second kappa shape index (κ2) is 7.25. The number of rotatable bonds is 8. The Morgan fingerprint density at radius 3 is 2.33 bits per heavy atom. The minimum Gasteiger partial charge on any atom is -0.493 e. The number of carboxylic acid groups (broad SMARTS) is 1. The van der Waals surface area contributed by atoms with E-state index in [9.17, 15) is 13.2 Å². The molecule has 8 nitrogen and oxygen atoms in total. The molecule has 0 aromatic heterocycles. The number of sulfonamides is 1. The Kier molecular flexibility index (Phi) is 5.94. The van der Waals surface area contributed by atoms with Crippen molar-refractivity contribution in [2.75, 3.05) is 27.9 Å². The fraction of sp³-hybridized carbons (Fsp3) is 0.417. The highest BCUT2D eigenvalue weighted by atomic mass is 32.2. The fourth-order valence-electron chi connectivity index (χ4n) is 1.52. The topological polar surface area (TPSA) is 111 Å². The SMILES string of the molecule is COc1ccc(S(=O)(=O)NCC(OC)C(=O)O)cc1OC. The summed E-state index contributed by atoms with van der Waals surface area (Å²) in [6.45, 7) is -0.386. The van der Waals surface area contributed by atoms with Crippen LogP contribution in [0, 0.1) is 0 Å². The molecule has 118 valence electrons. The first-order valence-electron chi connectivity index (χ1n) is 5.83. The number of hydrogen-bond acceptors (Lipinski definition) is 6. The van der Waals surface area contributed by atoms with Gasteiger partial charge in [-0.15, -0.1) is 0 Å². The van der Waals surface area contributed by atoms with Gasteiger partial charge in [0.1, 0.15) is 0 Å². The number of ether oxygens (including phenoxy) is 3. The quantitative estimate of drug-likeness (QED) is 0.698. The molecule has 0 aliphatic rings. The molecule has 0 bridgehead atoms. The maximum absolute atomic E-state index is 12.1. The molecule has 0 spiro atoms. The Morgan fingerprint density at radius 1 is 1.24 bits per heavy atom. The van der Waals surface area contributed by atoms with E-state index in [1.165, 1.54) is 39.5 Å². The van der Waals surface area contributed by atoms with Crippen LogP contribution in [0.1, 0.15) is 0 Å². The Bertz CT molecular complexity index is 600. The molecule has 9 heteroatoms. The first-order valence-corrected chi connectivity index (χ1v) is 7.31. The molecule has 0 saturated heterocycles. The van der Waals surface area contributed by atoms with Crippen LogP contribution in [0.15, 0.2) is 23.1 Å². The van der Waals surface area contributed by atoms with E-state index < -0.39 is 22.1 Å². The van der Waals surface area contributed by atoms with Crippen molar-refractivity contribution in [2.45, 2.75) is 11.0 Å². The third-order valence-corrected chi connectivity index (χ3v) is 4.11. The number of nitrogens with one attached hydrogen (secondary N) is 1. The summed E-state index contributed by atoms with van der Waals surface area (Å²) in [7, 11) is 0.111. The summed E-state index contributed by atoms with van der Waals surface area (Å²) in [6.07, 6.45) is -1.26. The molecule has 1 unspecified atom stereocenters. The second-order valence-corrected chi connectivity index (χ2v) is 5.70. The van der Waals surface area contributed by atoms with Gasteiger partial charge in [0.25, 0.3) is 0 Å². The lowest BCUT2D eigenvalue weighted by molar-refractivity contribution is -0.147. The zero-order chi connectivity index (χ0) is 16.0. The molecule has 2 N–H and O–H groups in total. The smallest absolute Gasteiger partial charge is 0.334 e. The van der Waals surface area contributed by atoms with Crippen LogP contribution >= 0.6 is 0 Å². The zero-order valence-electron chi connectivity index (χ0n) is 11.8. The summed E-state index contributed by atoms with van der Waals surface area (Å²) in [5.41, 5.74) is 0. The molecular weight excluding hydrogens is 302 g/mol. The molecule has 1 aromatic carbocycles. The number of hydrogen-bond donors (Lipinski definition) is 2. The number of carboxylic acids is 1. The van der Waals surface area contributed by atoms with E-state index in [2.05, 4.69) is 9.46 Å². The van der Waals surface area contributed by atoms with Crippen LogP contribution in [0.4, 0.5) is 0 Å². The summed E-state index contributed by atoms with van der Waals surface area (Å²) in [5.74, 6) is -0.619. The first-order chi connectivity index (χ1) is 9.85. The minimum absolute atomic E-state index is 0.0691. The molecule has 0 saturated carbocycles. The summed E-state index contributed by atoms with van der Waals surface area (Å²) < 4.78 is 41.0. The third kappa shape index (κ3) is 4.31. The number of methoxy groups -OCH3 is 3.